The van der Waals surface area contributed by atoms with Crippen LogP contribution >= 0.6 is 0 Å². The van der Waals surface area contributed by atoms with Crippen molar-refractivity contribution in [1.29, 1.82) is 0 Å². The SMILES string of the molecule is CCS(=O)(=O)NCCCNS(=O)(=O)c1ccc(OC)cc1NS(=O)(=O)CC. The number of hydrogen-bond acceptors (Lipinski definition) is 7. The van der Waals surface area contributed by atoms with Crippen molar-refractivity contribution in [2.75, 3.05) is 36.4 Å². The molecule has 0 aliphatic heterocycles. The van der Waals surface area contributed by atoms with E-state index in [0.717, 1.165) is 0 Å². The van der Waals surface area contributed by atoms with Gasteiger partial charge in [0.25, 0.3) is 0 Å². The lowest BCUT2D eigenvalue weighted by molar-refractivity contribution is 0.414. The van der Waals surface area contributed by atoms with Gasteiger partial charge in [-0.3, -0.25) is 4.72 Å². The standard InChI is InChI=1S/C14H25N3O7S3/c1-4-25(18,19)15-9-6-10-16-27(22,23)14-8-7-12(24-3)11-13(14)17-26(20,21)5-2/h7-8,11,15-17H,4-6,9-10H2,1-3H3. The zero-order chi connectivity index (χ0) is 20.7. The van der Waals surface area contributed by atoms with Crippen LogP contribution in [0.4, 0.5) is 5.69 Å². The highest BCUT2D eigenvalue weighted by Crippen LogP contribution is 2.27. The minimum absolute atomic E-state index is 0.0272. The van der Waals surface area contributed by atoms with Crippen LogP contribution in [0.15, 0.2) is 23.1 Å². The number of benzene rings is 1. The molecule has 0 heterocycles. The maximum absolute atomic E-state index is 12.5. The highest BCUT2D eigenvalue weighted by molar-refractivity contribution is 7.93. The van der Waals surface area contributed by atoms with E-state index in [-0.39, 0.29) is 47.3 Å². The Bertz CT molecular complexity index is 942. The molecule has 3 N–H and O–H groups in total. The second kappa shape index (κ2) is 9.68. The summed E-state index contributed by atoms with van der Waals surface area (Å²) in [5.41, 5.74) is -0.129. The van der Waals surface area contributed by atoms with Crippen molar-refractivity contribution >= 4 is 35.8 Å². The van der Waals surface area contributed by atoms with E-state index in [2.05, 4.69) is 14.2 Å². The first-order valence-corrected chi connectivity index (χ1v) is 12.9. The van der Waals surface area contributed by atoms with Crippen LogP contribution < -0.4 is 18.9 Å². The zero-order valence-electron chi connectivity index (χ0n) is 15.4. The Hall–Kier alpha value is -1.41. The number of ether oxygens (including phenoxy) is 1. The van der Waals surface area contributed by atoms with E-state index in [1.807, 2.05) is 0 Å². The lowest BCUT2D eigenvalue weighted by Gasteiger charge is -2.14. The molecule has 1 aromatic carbocycles. The molecule has 0 aromatic heterocycles. The van der Waals surface area contributed by atoms with Gasteiger partial charge in [0.1, 0.15) is 10.6 Å². The molecule has 0 bridgehead atoms. The zero-order valence-corrected chi connectivity index (χ0v) is 17.8. The maximum Gasteiger partial charge on any atom is 0.242 e. The van der Waals surface area contributed by atoms with Crippen LogP contribution in [0.1, 0.15) is 20.3 Å². The number of anilines is 1. The van der Waals surface area contributed by atoms with Crippen LogP contribution in [0.3, 0.4) is 0 Å². The van der Waals surface area contributed by atoms with Gasteiger partial charge in [-0.2, -0.15) is 0 Å². The molecule has 0 spiro atoms. The molecule has 27 heavy (non-hydrogen) atoms. The van der Waals surface area contributed by atoms with Crippen molar-refractivity contribution in [1.82, 2.24) is 9.44 Å². The largest absolute Gasteiger partial charge is 0.497 e. The summed E-state index contributed by atoms with van der Waals surface area (Å²) < 4.78 is 83.2. The van der Waals surface area contributed by atoms with Crippen molar-refractivity contribution < 1.29 is 30.0 Å². The smallest absolute Gasteiger partial charge is 0.242 e. The summed E-state index contributed by atoms with van der Waals surface area (Å²) in [6, 6.07) is 3.90. The Labute approximate surface area is 160 Å². The summed E-state index contributed by atoms with van der Waals surface area (Å²) in [7, 11) is -9.70. The van der Waals surface area contributed by atoms with Crippen molar-refractivity contribution in [2.45, 2.75) is 25.2 Å². The van der Waals surface area contributed by atoms with Gasteiger partial charge in [-0.25, -0.2) is 34.7 Å². The first-order chi connectivity index (χ1) is 12.5. The lowest BCUT2D eigenvalue weighted by atomic mass is 10.3. The van der Waals surface area contributed by atoms with Gasteiger partial charge in [0, 0.05) is 19.2 Å². The molecule has 0 aliphatic carbocycles. The summed E-state index contributed by atoms with van der Waals surface area (Å²) >= 11 is 0. The fraction of sp³-hybridized carbons (Fsp3) is 0.571. The van der Waals surface area contributed by atoms with Crippen LogP contribution in [0.25, 0.3) is 0 Å². The van der Waals surface area contributed by atoms with Crippen molar-refractivity contribution in [3.63, 3.8) is 0 Å². The maximum atomic E-state index is 12.5. The summed E-state index contributed by atoms with van der Waals surface area (Å²) in [6.07, 6.45) is 0.227. The number of nitrogens with one attached hydrogen (secondary N) is 3. The first kappa shape index (κ1) is 23.6. The Morgan fingerprint density at radius 2 is 1.48 bits per heavy atom. The van der Waals surface area contributed by atoms with E-state index in [9.17, 15) is 25.3 Å². The molecule has 1 rings (SSSR count). The minimum Gasteiger partial charge on any atom is -0.497 e. The third-order valence-electron chi connectivity index (χ3n) is 3.47. The molecule has 0 atom stereocenters. The number of hydrogen-bond donors (Lipinski definition) is 3. The number of sulfonamides is 3. The molecule has 0 radical (unpaired) electrons. The van der Waals surface area contributed by atoms with Crippen LogP contribution in [0.5, 0.6) is 5.75 Å². The molecule has 1 aromatic rings. The molecule has 0 unspecified atom stereocenters. The third kappa shape index (κ3) is 7.62. The normalized spacial score (nSPS) is 12.7. The van der Waals surface area contributed by atoms with Crippen molar-refractivity contribution in [3.05, 3.63) is 18.2 Å². The lowest BCUT2D eigenvalue weighted by Crippen LogP contribution is -2.31. The molecule has 0 saturated heterocycles. The molecular formula is C14H25N3O7S3. The van der Waals surface area contributed by atoms with E-state index in [1.165, 1.54) is 39.2 Å². The summed E-state index contributed by atoms with van der Waals surface area (Å²) in [6.45, 7) is 2.97. The fourth-order valence-corrected chi connectivity index (χ4v) is 4.48. The second-order valence-electron chi connectivity index (χ2n) is 5.42. The Morgan fingerprint density at radius 1 is 0.889 bits per heavy atom. The monoisotopic (exact) mass is 443 g/mol. The van der Waals surface area contributed by atoms with Gasteiger partial charge < -0.3 is 4.74 Å². The van der Waals surface area contributed by atoms with Crippen LogP contribution in [0.2, 0.25) is 0 Å². The molecule has 0 saturated carbocycles. The van der Waals surface area contributed by atoms with Gasteiger partial charge >= 0.3 is 0 Å². The molecule has 13 heteroatoms. The molecular weight excluding hydrogens is 418 g/mol. The summed E-state index contributed by atoms with van der Waals surface area (Å²) in [5, 5.41) is 0. The molecule has 156 valence electrons. The third-order valence-corrected chi connectivity index (χ3v) is 7.68. The van der Waals surface area contributed by atoms with Gasteiger partial charge in [0.15, 0.2) is 0 Å². The molecule has 0 amide bonds. The van der Waals surface area contributed by atoms with Crippen LogP contribution in [0, 0.1) is 0 Å². The van der Waals surface area contributed by atoms with E-state index < -0.39 is 30.1 Å². The minimum atomic E-state index is -4.03. The van der Waals surface area contributed by atoms with Crippen molar-refractivity contribution in [3.8, 4) is 5.75 Å². The quantitative estimate of drug-likeness (QED) is 0.387. The number of methoxy groups -OCH3 is 1. The van der Waals surface area contributed by atoms with Gasteiger partial charge in [-0.05, 0) is 32.4 Å². The first-order valence-electron chi connectivity index (χ1n) is 8.12. The number of rotatable bonds is 12. The van der Waals surface area contributed by atoms with E-state index in [4.69, 9.17) is 4.74 Å². The fourth-order valence-electron chi connectivity index (χ4n) is 1.89. The molecule has 10 nitrogen and oxygen atoms in total. The highest BCUT2D eigenvalue weighted by atomic mass is 32.2. The predicted molar refractivity (Wildman–Crippen MR) is 103 cm³/mol. The average Bonchev–Trinajstić information content (AvgIpc) is 2.60. The van der Waals surface area contributed by atoms with Crippen molar-refractivity contribution in [2.24, 2.45) is 0 Å². The van der Waals surface area contributed by atoms with E-state index in [0.29, 0.717) is 0 Å². The van der Waals surface area contributed by atoms with E-state index in [1.54, 1.807) is 0 Å². The predicted octanol–water partition coefficient (Wildman–Crippen LogP) is 0.0645. The van der Waals surface area contributed by atoms with Gasteiger partial charge in [0.2, 0.25) is 30.1 Å². The Kier molecular flexibility index (Phi) is 8.48. The van der Waals surface area contributed by atoms with E-state index >= 15 is 0 Å². The van der Waals surface area contributed by atoms with Gasteiger partial charge in [-0.15, -0.1) is 0 Å². The topological polar surface area (TPSA) is 148 Å². The second-order valence-corrected chi connectivity index (χ2v) is 11.3. The van der Waals surface area contributed by atoms with Gasteiger partial charge in [0.05, 0.1) is 24.3 Å². The average molecular weight is 444 g/mol. The molecule has 0 fully saturated rings. The summed E-state index contributed by atoms with van der Waals surface area (Å²) in [5.74, 6) is -0.00283. The Balaban J connectivity index is 2.92. The van der Waals surface area contributed by atoms with Gasteiger partial charge in [-0.1, -0.05) is 0 Å². The van der Waals surface area contributed by atoms with Crippen LogP contribution in [-0.2, 0) is 30.1 Å². The Morgan fingerprint density at radius 3 is 2.04 bits per heavy atom. The highest BCUT2D eigenvalue weighted by Gasteiger charge is 2.21. The molecule has 0 aliphatic rings. The van der Waals surface area contributed by atoms with Crippen LogP contribution in [-0.4, -0.2) is 57.0 Å². The summed E-state index contributed by atoms with van der Waals surface area (Å²) in [4.78, 5) is -0.255.